The lowest BCUT2D eigenvalue weighted by molar-refractivity contribution is 0.598. The largest absolute Gasteiger partial charge is 0.399 e. The maximum atomic E-state index is 11.4. The number of aryl methyl sites for hydroxylation is 1. The van der Waals surface area contributed by atoms with Crippen molar-refractivity contribution in [3.63, 3.8) is 0 Å². The second-order valence-corrected chi connectivity index (χ2v) is 6.13. The Kier molecular flexibility index (Phi) is 3.84. The molecule has 2 aromatic carbocycles. The minimum atomic E-state index is -3.85. The van der Waals surface area contributed by atoms with Gasteiger partial charge in [-0.25, -0.2) is 13.6 Å². The van der Waals surface area contributed by atoms with Crippen molar-refractivity contribution in [2.75, 3.05) is 11.1 Å². The molecule has 108 valence electrons. The standard InChI is InChI=1S/C14H14N4O2S/c1-9-3-2-4-14(13(9)8-15)18-11-5-10(16)6-12(7-11)21(17,19)20/h2-7,18H,16H2,1H3,(H2,17,19,20). The third-order valence-electron chi connectivity index (χ3n) is 2.92. The molecular weight excluding hydrogens is 288 g/mol. The SMILES string of the molecule is Cc1cccc(Nc2cc(N)cc(S(N)(=O)=O)c2)c1C#N. The number of nitrogens with one attached hydrogen (secondary N) is 1. The predicted molar refractivity (Wildman–Crippen MR) is 81.4 cm³/mol. The summed E-state index contributed by atoms with van der Waals surface area (Å²) in [6, 6.07) is 11.7. The third kappa shape index (κ3) is 3.31. The molecule has 0 aliphatic heterocycles. The number of nitrogen functional groups attached to an aromatic ring is 1. The van der Waals surface area contributed by atoms with Crippen molar-refractivity contribution in [3.8, 4) is 6.07 Å². The van der Waals surface area contributed by atoms with Gasteiger partial charge in [0.2, 0.25) is 10.0 Å². The first-order chi connectivity index (χ1) is 9.81. The lowest BCUT2D eigenvalue weighted by atomic mass is 10.1. The molecule has 21 heavy (non-hydrogen) atoms. The first kappa shape index (κ1) is 14.8. The Morgan fingerprint density at radius 2 is 1.95 bits per heavy atom. The van der Waals surface area contributed by atoms with E-state index in [1.807, 2.05) is 13.0 Å². The van der Waals surface area contributed by atoms with Gasteiger partial charge in [0.15, 0.2) is 0 Å². The molecule has 0 radical (unpaired) electrons. The minimum Gasteiger partial charge on any atom is -0.399 e. The highest BCUT2D eigenvalue weighted by Gasteiger charge is 2.11. The van der Waals surface area contributed by atoms with Crippen LogP contribution >= 0.6 is 0 Å². The van der Waals surface area contributed by atoms with Gasteiger partial charge in [-0.1, -0.05) is 12.1 Å². The van der Waals surface area contributed by atoms with Crippen LogP contribution in [-0.4, -0.2) is 8.42 Å². The highest BCUT2D eigenvalue weighted by atomic mass is 32.2. The van der Waals surface area contributed by atoms with E-state index in [4.69, 9.17) is 10.9 Å². The molecule has 0 aliphatic carbocycles. The molecule has 0 heterocycles. The average molecular weight is 302 g/mol. The molecule has 0 aromatic heterocycles. The number of sulfonamides is 1. The van der Waals surface area contributed by atoms with E-state index in [0.717, 1.165) is 5.56 Å². The summed E-state index contributed by atoms with van der Waals surface area (Å²) in [6.07, 6.45) is 0. The smallest absolute Gasteiger partial charge is 0.238 e. The van der Waals surface area contributed by atoms with Crippen LogP contribution in [0.1, 0.15) is 11.1 Å². The topological polar surface area (TPSA) is 122 Å². The molecule has 0 aliphatic rings. The van der Waals surface area contributed by atoms with E-state index in [1.54, 1.807) is 18.2 Å². The number of hydrogen-bond acceptors (Lipinski definition) is 5. The first-order valence-corrected chi connectivity index (χ1v) is 7.56. The summed E-state index contributed by atoms with van der Waals surface area (Å²) in [5.74, 6) is 0. The normalized spacial score (nSPS) is 10.9. The number of nitriles is 1. The highest BCUT2D eigenvalue weighted by molar-refractivity contribution is 7.89. The Bertz CT molecular complexity index is 839. The van der Waals surface area contributed by atoms with Crippen molar-refractivity contribution in [3.05, 3.63) is 47.5 Å². The van der Waals surface area contributed by atoms with E-state index in [9.17, 15) is 13.7 Å². The van der Waals surface area contributed by atoms with Gasteiger partial charge in [-0.05, 0) is 36.8 Å². The number of nitrogens with two attached hydrogens (primary N) is 2. The van der Waals surface area contributed by atoms with E-state index in [2.05, 4.69) is 11.4 Å². The monoisotopic (exact) mass is 302 g/mol. The first-order valence-electron chi connectivity index (χ1n) is 6.01. The minimum absolute atomic E-state index is 0.0869. The molecule has 0 fully saturated rings. The van der Waals surface area contributed by atoms with Gasteiger partial charge < -0.3 is 11.1 Å². The Balaban J connectivity index is 2.49. The van der Waals surface area contributed by atoms with Crippen LogP contribution < -0.4 is 16.2 Å². The molecule has 0 bridgehead atoms. The van der Waals surface area contributed by atoms with E-state index in [0.29, 0.717) is 16.9 Å². The number of primary sulfonamides is 1. The van der Waals surface area contributed by atoms with Crippen LogP contribution in [0, 0.1) is 18.3 Å². The second kappa shape index (κ2) is 5.44. The molecule has 5 N–H and O–H groups in total. The van der Waals surface area contributed by atoms with E-state index in [1.165, 1.54) is 12.1 Å². The second-order valence-electron chi connectivity index (χ2n) is 4.57. The van der Waals surface area contributed by atoms with Crippen molar-refractivity contribution in [2.45, 2.75) is 11.8 Å². The van der Waals surface area contributed by atoms with Gasteiger partial charge in [0.05, 0.1) is 16.1 Å². The molecule has 6 nitrogen and oxygen atoms in total. The summed E-state index contributed by atoms with van der Waals surface area (Å²) in [4.78, 5) is -0.0869. The number of benzene rings is 2. The third-order valence-corrected chi connectivity index (χ3v) is 3.81. The average Bonchev–Trinajstić information content (AvgIpc) is 2.37. The van der Waals surface area contributed by atoms with Crippen LogP contribution in [0.5, 0.6) is 0 Å². The number of rotatable bonds is 3. The molecule has 2 rings (SSSR count). The zero-order valence-electron chi connectivity index (χ0n) is 11.3. The van der Waals surface area contributed by atoms with Crippen molar-refractivity contribution >= 4 is 27.1 Å². The highest BCUT2D eigenvalue weighted by Crippen LogP contribution is 2.26. The lowest BCUT2D eigenvalue weighted by Gasteiger charge is -2.11. The predicted octanol–water partition coefficient (Wildman–Crippen LogP) is 1.84. The van der Waals surface area contributed by atoms with E-state index < -0.39 is 10.0 Å². The summed E-state index contributed by atoms with van der Waals surface area (Å²) in [7, 11) is -3.85. The van der Waals surface area contributed by atoms with Crippen LogP contribution in [0.2, 0.25) is 0 Å². The number of nitrogens with zero attached hydrogens (tertiary/aromatic N) is 1. The Morgan fingerprint density at radius 3 is 2.57 bits per heavy atom. The summed E-state index contributed by atoms with van der Waals surface area (Å²) in [5.41, 5.74) is 8.26. The fourth-order valence-corrected chi connectivity index (χ4v) is 2.53. The Morgan fingerprint density at radius 1 is 1.24 bits per heavy atom. The fourth-order valence-electron chi connectivity index (χ4n) is 1.93. The van der Waals surface area contributed by atoms with Gasteiger partial charge in [0, 0.05) is 11.4 Å². The molecule has 0 amide bonds. The molecule has 0 unspecified atom stereocenters. The zero-order valence-corrected chi connectivity index (χ0v) is 12.1. The van der Waals surface area contributed by atoms with Crippen LogP contribution in [0.25, 0.3) is 0 Å². The number of anilines is 3. The maximum Gasteiger partial charge on any atom is 0.238 e. The molecule has 0 saturated carbocycles. The van der Waals surface area contributed by atoms with Crippen LogP contribution in [0.3, 0.4) is 0 Å². The molecule has 0 spiro atoms. The van der Waals surface area contributed by atoms with Gasteiger partial charge in [-0.3, -0.25) is 0 Å². The summed E-state index contributed by atoms with van der Waals surface area (Å²) >= 11 is 0. The van der Waals surface area contributed by atoms with Gasteiger partial charge >= 0.3 is 0 Å². The molecule has 2 aromatic rings. The fraction of sp³-hybridized carbons (Fsp3) is 0.0714. The van der Waals surface area contributed by atoms with Crippen molar-refractivity contribution in [1.29, 1.82) is 5.26 Å². The van der Waals surface area contributed by atoms with Crippen LogP contribution in [-0.2, 0) is 10.0 Å². The Labute approximate surface area is 123 Å². The van der Waals surface area contributed by atoms with Crippen LogP contribution in [0.4, 0.5) is 17.1 Å². The zero-order chi connectivity index (χ0) is 15.6. The van der Waals surface area contributed by atoms with Crippen LogP contribution in [0.15, 0.2) is 41.3 Å². The molecule has 0 atom stereocenters. The summed E-state index contributed by atoms with van der Waals surface area (Å²) < 4.78 is 22.8. The van der Waals surface area contributed by atoms with Gasteiger partial charge in [0.1, 0.15) is 6.07 Å². The van der Waals surface area contributed by atoms with E-state index >= 15 is 0 Å². The quantitative estimate of drug-likeness (QED) is 0.747. The van der Waals surface area contributed by atoms with Gasteiger partial charge in [-0.15, -0.1) is 0 Å². The molecular formula is C14H14N4O2S. The lowest BCUT2D eigenvalue weighted by Crippen LogP contribution is -2.12. The molecule has 0 saturated heterocycles. The van der Waals surface area contributed by atoms with Gasteiger partial charge in [-0.2, -0.15) is 5.26 Å². The molecule has 7 heteroatoms. The number of hydrogen-bond donors (Lipinski definition) is 3. The van der Waals surface area contributed by atoms with Crippen molar-refractivity contribution in [2.24, 2.45) is 5.14 Å². The Hall–Kier alpha value is -2.56. The van der Waals surface area contributed by atoms with Crippen molar-refractivity contribution in [1.82, 2.24) is 0 Å². The van der Waals surface area contributed by atoms with Crippen molar-refractivity contribution < 1.29 is 8.42 Å². The van der Waals surface area contributed by atoms with Gasteiger partial charge in [0.25, 0.3) is 0 Å². The maximum absolute atomic E-state index is 11.4. The van der Waals surface area contributed by atoms with E-state index in [-0.39, 0.29) is 10.6 Å². The summed E-state index contributed by atoms with van der Waals surface area (Å²) in [6.45, 7) is 1.82. The summed E-state index contributed by atoms with van der Waals surface area (Å²) in [5, 5.41) is 17.3.